The van der Waals surface area contributed by atoms with Crippen molar-refractivity contribution < 1.29 is 14.3 Å². The normalized spacial score (nSPS) is 24.7. The lowest BCUT2D eigenvalue weighted by atomic mass is 9.87. The van der Waals surface area contributed by atoms with Crippen molar-refractivity contribution in [3.05, 3.63) is 24.0 Å². The SMILES string of the molecule is COC(=O)C1CCC(c2ccc(OCCC3CCCCC3)cn2)C1. The van der Waals surface area contributed by atoms with Crippen LogP contribution in [-0.4, -0.2) is 24.7 Å². The predicted octanol–water partition coefficient (Wildman–Crippen LogP) is 4.49. The van der Waals surface area contributed by atoms with Crippen molar-refractivity contribution in [2.24, 2.45) is 11.8 Å². The largest absolute Gasteiger partial charge is 0.492 e. The second kappa shape index (κ2) is 8.50. The summed E-state index contributed by atoms with van der Waals surface area (Å²) in [7, 11) is 1.47. The van der Waals surface area contributed by atoms with E-state index in [9.17, 15) is 4.79 Å². The van der Waals surface area contributed by atoms with E-state index in [0.717, 1.165) is 49.7 Å². The smallest absolute Gasteiger partial charge is 0.308 e. The lowest BCUT2D eigenvalue weighted by Gasteiger charge is -2.21. The van der Waals surface area contributed by atoms with E-state index in [1.165, 1.54) is 39.2 Å². The highest BCUT2D eigenvalue weighted by Crippen LogP contribution is 2.38. The molecule has 2 fully saturated rings. The Hall–Kier alpha value is -1.58. The topological polar surface area (TPSA) is 48.4 Å². The molecule has 1 aromatic heterocycles. The Bertz CT molecular complexity index is 522. The molecule has 24 heavy (non-hydrogen) atoms. The molecule has 2 saturated carbocycles. The molecule has 2 atom stereocenters. The van der Waals surface area contributed by atoms with Crippen LogP contribution in [0.15, 0.2) is 18.3 Å². The number of carbonyl (C=O) groups excluding carboxylic acids is 1. The number of esters is 1. The maximum Gasteiger partial charge on any atom is 0.308 e. The summed E-state index contributed by atoms with van der Waals surface area (Å²) in [6.07, 6.45) is 12.7. The summed E-state index contributed by atoms with van der Waals surface area (Å²) >= 11 is 0. The molecule has 2 unspecified atom stereocenters. The van der Waals surface area contributed by atoms with Gasteiger partial charge >= 0.3 is 5.97 Å². The molecule has 0 amide bonds. The Morgan fingerprint density at radius 3 is 2.71 bits per heavy atom. The Labute approximate surface area is 145 Å². The van der Waals surface area contributed by atoms with Gasteiger partial charge in [0.1, 0.15) is 5.75 Å². The lowest BCUT2D eigenvalue weighted by molar-refractivity contribution is -0.145. The van der Waals surface area contributed by atoms with Gasteiger partial charge in [0.25, 0.3) is 0 Å². The Balaban J connectivity index is 1.44. The molecular weight excluding hydrogens is 302 g/mol. The molecule has 3 rings (SSSR count). The third-order valence-corrected chi connectivity index (χ3v) is 5.66. The van der Waals surface area contributed by atoms with Crippen LogP contribution in [-0.2, 0) is 9.53 Å². The molecule has 1 heterocycles. The van der Waals surface area contributed by atoms with Gasteiger partial charge in [-0.05, 0) is 43.7 Å². The summed E-state index contributed by atoms with van der Waals surface area (Å²) in [6.45, 7) is 0.791. The van der Waals surface area contributed by atoms with E-state index in [-0.39, 0.29) is 11.9 Å². The number of pyridine rings is 1. The first-order valence-electron chi connectivity index (χ1n) is 9.43. The molecular formula is C20H29NO3. The molecule has 0 saturated heterocycles. The maximum absolute atomic E-state index is 11.6. The first-order valence-corrected chi connectivity index (χ1v) is 9.43. The number of ether oxygens (including phenoxy) is 2. The number of hydrogen-bond acceptors (Lipinski definition) is 4. The minimum absolute atomic E-state index is 0.0354. The maximum atomic E-state index is 11.6. The van der Waals surface area contributed by atoms with Gasteiger partial charge in [-0.3, -0.25) is 9.78 Å². The number of hydrogen-bond donors (Lipinski definition) is 0. The summed E-state index contributed by atoms with van der Waals surface area (Å²) in [4.78, 5) is 16.2. The van der Waals surface area contributed by atoms with E-state index < -0.39 is 0 Å². The molecule has 4 heteroatoms. The third-order valence-electron chi connectivity index (χ3n) is 5.66. The molecule has 1 aromatic rings. The zero-order chi connectivity index (χ0) is 16.8. The third kappa shape index (κ3) is 4.49. The highest BCUT2D eigenvalue weighted by molar-refractivity contribution is 5.72. The van der Waals surface area contributed by atoms with Crippen LogP contribution < -0.4 is 4.74 Å². The van der Waals surface area contributed by atoms with E-state index in [4.69, 9.17) is 9.47 Å². The summed E-state index contributed by atoms with van der Waals surface area (Å²) in [5, 5.41) is 0. The Morgan fingerprint density at radius 2 is 2.00 bits per heavy atom. The van der Waals surface area contributed by atoms with Crippen LogP contribution in [0, 0.1) is 11.8 Å². The Morgan fingerprint density at radius 1 is 1.17 bits per heavy atom. The van der Waals surface area contributed by atoms with E-state index in [1.54, 1.807) is 0 Å². The fourth-order valence-electron chi connectivity index (χ4n) is 4.17. The molecule has 0 N–H and O–H groups in total. The van der Waals surface area contributed by atoms with Gasteiger partial charge in [0.05, 0.1) is 25.8 Å². The summed E-state index contributed by atoms with van der Waals surface area (Å²) in [5.74, 6) is 2.02. The van der Waals surface area contributed by atoms with Crippen LogP contribution in [0.5, 0.6) is 5.75 Å². The summed E-state index contributed by atoms with van der Waals surface area (Å²) < 4.78 is 10.7. The average Bonchev–Trinajstić information content (AvgIpc) is 3.13. The van der Waals surface area contributed by atoms with Crippen LogP contribution >= 0.6 is 0 Å². The first kappa shape index (κ1) is 17.2. The van der Waals surface area contributed by atoms with Crippen LogP contribution in [0.1, 0.15) is 69.4 Å². The standard InChI is InChI=1S/C20H29NO3/c1-23-20(22)17-8-7-16(13-17)19-10-9-18(14-21-19)24-12-11-15-5-3-2-4-6-15/h9-10,14-17H,2-8,11-13H2,1H3. The van der Waals surface area contributed by atoms with E-state index >= 15 is 0 Å². The van der Waals surface area contributed by atoms with E-state index in [2.05, 4.69) is 11.1 Å². The first-order chi connectivity index (χ1) is 11.8. The van der Waals surface area contributed by atoms with Crippen LogP contribution in [0.25, 0.3) is 0 Å². The molecule has 0 bridgehead atoms. The van der Waals surface area contributed by atoms with Crippen LogP contribution in [0.4, 0.5) is 0 Å². The molecule has 132 valence electrons. The number of rotatable bonds is 6. The van der Waals surface area contributed by atoms with Gasteiger partial charge < -0.3 is 9.47 Å². The molecule has 2 aliphatic rings. The van der Waals surface area contributed by atoms with Crippen molar-refractivity contribution in [3.63, 3.8) is 0 Å². The highest BCUT2D eigenvalue weighted by atomic mass is 16.5. The number of nitrogens with zero attached hydrogens (tertiary/aromatic N) is 1. The summed E-state index contributed by atoms with van der Waals surface area (Å²) in [6, 6.07) is 4.08. The Kier molecular flexibility index (Phi) is 6.11. The van der Waals surface area contributed by atoms with Crippen molar-refractivity contribution in [2.45, 2.75) is 63.7 Å². The molecule has 2 aliphatic carbocycles. The van der Waals surface area contributed by atoms with Gasteiger partial charge in [0, 0.05) is 11.6 Å². The second-order valence-electron chi connectivity index (χ2n) is 7.29. The lowest BCUT2D eigenvalue weighted by Crippen LogP contribution is -2.12. The van der Waals surface area contributed by atoms with Gasteiger partial charge in [-0.1, -0.05) is 32.1 Å². The van der Waals surface area contributed by atoms with Gasteiger partial charge in [0.15, 0.2) is 0 Å². The molecule has 0 aliphatic heterocycles. The van der Waals surface area contributed by atoms with Crippen molar-refractivity contribution in [1.82, 2.24) is 4.98 Å². The molecule has 0 spiro atoms. The van der Waals surface area contributed by atoms with E-state index in [0.29, 0.717) is 5.92 Å². The second-order valence-corrected chi connectivity index (χ2v) is 7.29. The van der Waals surface area contributed by atoms with Crippen molar-refractivity contribution >= 4 is 5.97 Å². The minimum Gasteiger partial charge on any atom is -0.492 e. The fraction of sp³-hybridized carbons (Fsp3) is 0.700. The predicted molar refractivity (Wildman–Crippen MR) is 93.0 cm³/mol. The zero-order valence-electron chi connectivity index (χ0n) is 14.7. The quantitative estimate of drug-likeness (QED) is 0.721. The number of carbonyl (C=O) groups is 1. The zero-order valence-corrected chi connectivity index (χ0v) is 14.7. The molecule has 0 radical (unpaired) electrons. The molecule has 4 nitrogen and oxygen atoms in total. The van der Waals surface area contributed by atoms with Crippen molar-refractivity contribution in [1.29, 1.82) is 0 Å². The summed E-state index contributed by atoms with van der Waals surface area (Å²) in [5.41, 5.74) is 1.07. The highest BCUT2D eigenvalue weighted by Gasteiger charge is 2.32. The van der Waals surface area contributed by atoms with Gasteiger partial charge in [0.2, 0.25) is 0 Å². The van der Waals surface area contributed by atoms with Crippen LogP contribution in [0.3, 0.4) is 0 Å². The van der Waals surface area contributed by atoms with Crippen LogP contribution in [0.2, 0.25) is 0 Å². The molecule has 0 aromatic carbocycles. The van der Waals surface area contributed by atoms with Gasteiger partial charge in [-0.2, -0.15) is 0 Å². The van der Waals surface area contributed by atoms with Crippen molar-refractivity contribution in [2.75, 3.05) is 13.7 Å². The fourth-order valence-corrected chi connectivity index (χ4v) is 4.17. The monoisotopic (exact) mass is 331 g/mol. The minimum atomic E-state index is -0.0832. The van der Waals surface area contributed by atoms with Gasteiger partial charge in [-0.15, -0.1) is 0 Å². The average molecular weight is 331 g/mol. The van der Waals surface area contributed by atoms with Gasteiger partial charge in [-0.25, -0.2) is 0 Å². The number of aromatic nitrogens is 1. The van der Waals surface area contributed by atoms with E-state index in [1.807, 2.05) is 12.3 Å². The number of methoxy groups -OCH3 is 1. The van der Waals surface area contributed by atoms with Crippen molar-refractivity contribution in [3.8, 4) is 5.75 Å².